The standard InChI is InChI=1S/C14H27N3O.ClH/c1-16(2)11-13-6-4-10-17(13)14(18)8-7-12-5-3-9-15-12;/h12-13,15H,3-11H2,1-2H3;1H. The first-order chi connectivity index (χ1) is 8.66. The lowest BCUT2D eigenvalue weighted by Crippen LogP contribution is -2.41. The highest BCUT2D eigenvalue weighted by molar-refractivity contribution is 5.85. The second-order valence-electron chi connectivity index (χ2n) is 5.98. The summed E-state index contributed by atoms with van der Waals surface area (Å²) in [6, 6.07) is 1.04. The zero-order valence-corrected chi connectivity index (χ0v) is 13.0. The number of rotatable bonds is 5. The molecule has 1 N–H and O–H groups in total. The molecule has 1 amide bonds. The van der Waals surface area contributed by atoms with Crippen LogP contribution in [0.2, 0.25) is 0 Å². The van der Waals surface area contributed by atoms with Crippen LogP contribution in [0.3, 0.4) is 0 Å². The monoisotopic (exact) mass is 289 g/mol. The Morgan fingerprint density at radius 1 is 1.32 bits per heavy atom. The van der Waals surface area contributed by atoms with Gasteiger partial charge in [0.25, 0.3) is 0 Å². The average Bonchev–Trinajstić information content (AvgIpc) is 2.95. The summed E-state index contributed by atoms with van der Waals surface area (Å²) in [4.78, 5) is 16.6. The summed E-state index contributed by atoms with van der Waals surface area (Å²) in [6.45, 7) is 3.11. The summed E-state index contributed by atoms with van der Waals surface area (Å²) in [7, 11) is 4.17. The molecule has 2 aliphatic heterocycles. The molecule has 0 bridgehead atoms. The lowest BCUT2D eigenvalue weighted by atomic mass is 10.1. The minimum absolute atomic E-state index is 0. The van der Waals surface area contributed by atoms with Crippen molar-refractivity contribution in [2.75, 3.05) is 33.7 Å². The van der Waals surface area contributed by atoms with E-state index in [2.05, 4.69) is 29.2 Å². The molecule has 4 nitrogen and oxygen atoms in total. The molecule has 2 aliphatic rings. The van der Waals surface area contributed by atoms with Gasteiger partial charge in [-0.25, -0.2) is 0 Å². The van der Waals surface area contributed by atoms with E-state index in [0.29, 0.717) is 18.0 Å². The van der Waals surface area contributed by atoms with Crippen LogP contribution in [0.15, 0.2) is 0 Å². The zero-order chi connectivity index (χ0) is 13.0. The molecular formula is C14H28ClN3O. The van der Waals surface area contributed by atoms with Crippen LogP contribution in [-0.2, 0) is 4.79 Å². The highest BCUT2D eigenvalue weighted by atomic mass is 35.5. The third-order valence-electron chi connectivity index (χ3n) is 4.14. The Labute approximate surface area is 123 Å². The van der Waals surface area contributed by atoms with Crippen molar-refractivity contribution >= 4 is 18.3 Å². The second-order valence-corrected chi connectivity index (χ2v) is 5.98. The molecule has 19 heavy (non-hydrogen) atoms. The topological polar surface area (TPSA) is 35.6 Å². The molecule has 0 saturated carbocycles. The minimum atomic E-state index is 0. The van der Waals surface area contributed by atoms with E-state index in [1.807, 2.05) is 0 Å². The molecule has 5 heteroatoms. The summed E-state index contributed by atoms with van der Waals surface area (Å²) in [5.74, 6) is 0.369. The molecule has 0 spiro atoms. The average molecular weight is 290 g/mol. The summed E-state index contributed by atoms with van der Waals surface area (Å²) in [6.07, 6.45) is 6.60. The Hall–Kier alpha value is -0.320. The van der Waals surface area contributed by atoms with Crippen LogP contribution in [0, 0.1) is 0 Å². The minimum Gasteiger partial charge on any atom is -0.338 e. The number of amides is 1. The van der Waals surface area contributed by atoms with Crippen LogP contribution < -0.4 is 5.32 Å². The van der Waals surface area contributed by atoms with Gasteiger partial charge in [0.2, 0.25) is 5.91 Å². The van der Waals surface area contributed by atoms with Crippen molar-refractivity contribution in [1.82, 2.24) is 15.1 Å². The van der Waals surface area contributed by atoms with Crippen molar-refractivity contribution in [2.45, 2.75) is 50.6 Å². The number of carbonyl (C=O) groups is 1. The van der Waals surface area contributed by atoms with Crippen molar-refractivity contribution < 1.29 is 4.79 Å². The van der Waals surface area contributed by atoms with Gasteiger partial charge in [0.05, 0.1) is 0 Å². The molecule has 0 aromatic rings. The lowest BCUT2D eigenvalue weighted by molar-refractivity contribution is -0.132. The van der Waals surface area contributed by atoms with Gasteiger partial charge in [0.1, 0.15) is 0 Å². The summed E-state index contributed by atoms with van der Waals surface area (Å²) >= 11 is 0. The van der Waals surface area contributed by atoms with Gasteiger partial charge in [-0.1, -0.05) is 0 Å². The predicted molar refractivity (Wildman–Crippen MR) is 80.8 cm³/mol. The van der Waals surface area contributed by atoms with Gasteiger partial charge in [0.15, 0.2) is 0 Å². The summed E-state index contributed by atoms with van der Waals surface area (Å²) in [5, 5.41) is 3.47. The molecule has 2 saturated heterocycles. The first-order valence-electron chi connectivity index (χ1n) is 7.34. The van der Waals surface area contributed by atoms with Crippen molar-refractivity contribution in [3.8, 4) is 0 Å². The van der Waals surface area contributed by atoms with Crippen LogP contribution in [0.25, 0.3) is 0 Å². The third kappa shape index (κ3) is 4.93. The molecule has 2 unspecified atom stereocenters. The fourth-order valence-corrected chi connectivity index (χ4v) is 3.22. The van der Waals surface area contributed by atoms with Gasteiger partial charge in [-0.3, -0.25) is 4.79 Å². The third-order valence-corrected chi connectivity index (χ3v) is 4.14. The number of likely N-dealkylation sites (N-methyl/N-ethyl adjacent to an activating group) is 1. The Morgan fingerprint density at radius 2 is 2.11 bits per heavy atom. The molecule has 112 valence electrons. The van der Waals surface area contributed by atoms with E-state index in [4.69, 9.17) is 0 Å². The maximum Gasteiger partial charge on any atom is 0.222 e. The highest BCUT2D eigenvalue weighted by Gasteiger charge is 2.29. The fraction of sp³-hybridized carbons (Fsp3) is 0.929. The Morgan fingerprint density at radius 3 is 2.74 bits per heavy atom. The molecule has 2 fully saturated rings. The first kappa shape index (κ1) is 16.7. The van der Waals surface area contributed by atoms with Gasteiger partial charge in [-0.05, 0) is 52.7 Å². The molecule has 0 aromatic heterocycles. The van der Waals surface area contributed by atoms with E-state index in [1.54, 1.807) is 0 Å². The predicted octanol–water partition coefficient (Wildman–Crippen LogP) is 1.49. The lowest BCUT2D eigenvalue weighted by Gasteiger charge is -2.27. The van der Waals surface area contributed by atoms with E-state index in [1.165, 1.54) is 25.7 Å². The molecule has 0 aliphatic carbocycles. The van der Waals surface area contributed by atoms with E-state index in [-0.39, 0.29) is 12.4 Å². The molecular weight excluding hydrogens is 262 g/mol. The number of nitrogens with zero attached hydrogens (tertiary/aromatic N) is 2. The van der Waals surface area contributed by atoms with Gasteiger partial charge in [0, 0.05) is 31.6 Å². The van der Waals surface area contributed by atoms with Crippen LogP contribution in [0.1, 0.15) is 38.5 Å². The van der Waals surface area contributed by atoms with E-state index in [0.717, 1.165) is 32.5 Å². The summed E-state index contributed by atoms with van der Waals surface area (Å²) < 4.78 is 0. The van der Waals surface area contributed by atoms with E-state index in [9.17, 15) is 4.79 Å². The van der Waals surface area contributed by atoms with Gasteiger partial charge in [-0.2, -0.15) is 0 Å². The number of nitrogens with one attached hydrogen (secondary N) is 1. The Balaban J connectivity index is 0.00000180. The molecule has 2 heterocycles. The number of hydrogen-bond acceptors (Lipinski definition) is 3. The number of hydrogen-bond donors (Lipinski definition) is 1. The highest BCUT2D eigenvalue weighted by Crippen LogP contribution is 2.20. The normalized spacial score (nSPS) is 26.8. The van der Waals surface area contributed by atoms with Crippen molar-refractivity contribution in [1.29, 1.82) is 0 Å². The van der Waals surface area contributed by atoms with Crippen LogP contribution >= 0.6 is 12.4 Å². The van der Waals surface area contributed by atoms with E-state index >= 15 is 0 Å². The molecule has 0 radical (unpaired) electrons. The number of carbonyl (C=O) groups excluding carboxylic acids is 1. The number of halogens is 1. The van der Waals surface area contributed by atoms with Crippen LogP contribution in [0.5, 0.6) is 0 Å². The van der Waals surface area contributed by atoms with E-state index < -0.39 is 0 Å². The smallest absolute Gasteiger partial charge is 0.222 e. The van der Waals surface area contributed by atoms with Crippen molar-refractivity contribution in [3.05, 3.63) is 0 Å². The van der Waals surface area contributed by atoms with Crippen LogP contribution in [0.4, 0.5) is 0 Å². The van der Waals surface area contributed by atoms with Crippen molar-refractivity contribution in [2.24, 2.45) is 0 Å². The fourth-order valence-electron chi connectivity index (χ4n) is 3.22. The van der Waals surface area contributed by atoms with Crippen molar-refractivity contribution in [3.63, 3.8) is 0 Å². The van der Waals surface area contributed by atoms with Gasteiger partial charge in [-0.15, -0.1) is 12.4 Å². The Kier molecular flexibility index (Phi) is 7.11. The quantitative estimate of drug-likeness (QED) is 0.833. The SMILES string of the molecule is CN(C)CC1CCCN1C(=O)CCC1CCCN1.Cl. The summed E-state index contributed by atoms with van der Waals surface area (Å²) in [5.41, 5.74) is 0. The molecule has 0 aromatic carbocycles. The van der Waals surface area contributed by atoms with Gasteiger partial charge < -0.3 is 15.1 Å². The first-order valence-corrected chi connectivity index (χ1v) is 7.34. The number of likely N-dealkylation sites (tertiary alicyclic amines) is 1. The molecule has 2 rings (SSSR count). The van der Waals surface area contributed by atoms with Gasteiger partial charge >= 0.3 is 0 Å². The maximum atomic E-state index is 12.3. The maximum absolute atomic E-state index is 12.3. The van der Waals surface area contributed by atoms with Crippen LogP contribution in [-0.4, -0.2) is 61.5 Å². The molecule has 2 atom stereocenters. The zero-order valence-electron chi connectivity index (χ0n) is 12.2. The Bertz CT molecular complexity index is 280. The second kappa shape index (κ2) is 8.08. The largest absolute Gasteiger partial charge is 0.338 e.